The maximum absolute atomic E-state index is 12.9. The van der Waals surface area contributed by atoms with Crippen LogP contribution in [0.4, 0.5) is 5.69 Å². The third-order valence-corrected chi connectivity index (χ3v) is 6.00. The summed E-state index contributed by atoms with van der Waals surface area (Å²) in [6.45, 7) is 2.27. The molecular formula is C20H20N2O2S. The fourth-order valence-electron chi connectivity index (χ4n) is 3.41. The first kappa shape index (κ1) is 16.1. The van der Waals surface area contributed by atoms with Crippen molar-refractivity contribution in [2.75, 3.05) is 12.8 Å². The molecule has 0 bridgehead atoms. The Bertz CT molecular complexity index is 960. The van der Waals surface area contributed by atoms with Crippen LogP contribution in [-0.2, 0) is 12.8 Å². The zero-order valence-corrected chi connectivity index (χ0v) is 15.2. The number of anilines is 1. The van der Waals surface area contributed by atoms with Gasteiger partial charge in [0.05, 0.1) is 12.8 Å². The molecule has 0 spiro atoms. The van der Waals surface area contributed by atoms with Crippen molar-refractivity contribution in [1.29, 1.82) is 0 Å². The number of aromatic nitrogens is 1. The smallest absolute Gasteiger partial charge is 0.205 e. The number of carbonyl (C=O) groups excluding carboxylic acids is 1. The summed E-state index contributed by atoms with van der Waals surface area (Å²) in [5.41, 5.74) is 9.92. The lowest BCUT2D eigenvalue weighted by molar-refractivity contribution is 0.104. The van der Waals surface area contributed by atoms with Crippen LogP contribution in [0.3, 0.4) is 0 Å². The van der Waals surface area contributed by atoms with Crippen molar-refractivity contribution < 1.29 is 9.53 Å². The molecule has 0 radical (unpaired) electrons. The number of thiophene rings is 1. The van der Waals surface area contributed by atoms with E-state index in [1.807, 2.05) is 0 Å². The van der Waals surface area contributed by atoms with Gasteiger partial charge in [-0.15, -0.1) is 11.3 Å². The maximum Gasteiger partial charge on any atom is 0.205 e. The molecule has 1 aromatic carbocycles. The van der Waals surface area contributed by atoms with Crippen LogP contribution in [-0.4, -0.2) is 17.9 Å². The van der Waals surface area contributed by atoms with Crippen molar-refractivity contribution in [1.82, 2.24) is 4.98 Å². The number of pyridine rings is 1. The second kappa shape index (κ2) is 6.15. The molecule has 25 heavy (non-hydrogen) atoms. The van der Waals surface area contributed by atoms with Crippen molar-refractivity contribution >= 4 is 33.0 Å². The third kappa shape index (κ3) is 2.78. The number of aryl methyl sites for hydroxylation is 1. The number of nitrogen functional groups attached to an aromatic ring is 1. The van der Waals surface area contributed by atoms with E-state index in [0.717, 1.165) is 34.5 Å². The zero-order chi connectivity index (χ0) is 17.6. The van der Waals surface area contributed by atoms with Crippen LogP contribution in [0.15, 0.2) is 30.3 Å². The summed E-state index contributed by atoms with van der Waals surface area (Å²) in [5, 5.41) is 0.912. The van der Waals surface area contributed by atoms with E-state index in [1.54, 1.807) is 31.4 Å². The van der Waals surface area contributed by atoms with E-state index in [4.69, 9.17) is 15.5 Å². The summed E-state index contributed by atoms with van der Waals surface area (Å²) in [5.74, 6) is 1.34. The first-order valence-corrected chi connectivity index (χ1v) is 9.28. The topological polar surface area (TPSA) is 65.2 Å². The van der Waals surface area contributed by atoms with Crippen molar-refractivity contribution in [2.45, 2.75) is 26.2 Å². The second-order valence-electron chi connectivity index (χ2n) is 6.70. The fraction of sp³-hybridized carbons (Fsp3) is 0.300. The van der Waals surface area contributed by atoms with Crippen molar-refractivity contribution in [3.8, 4) is 5.75 Å². The highest BCUT2D eigenvalue weighted by atomic mass is 32.1. The number of methoxy groups -OCH3 is 1. The summed E-state index contributed by atoms with van der Waals surface area (Å²) >= 11 is 1.39. The molecule has 2 aromatic heterocycles. The molecular weight excluding hydrogens is 332 g/mol. The Labute approximate surface area is 150 Å². The molecule has 0 saturated carbocycles. The van der Waals surface area contributed by atoms with Gasteiger partial charge in [0.2, 0.25) is 5.78 Å². The summed E-state index contributed by atoms with van der Waals surface area (Å²) in [7, 11) is 1.61. The molecule has 0 aliphatic heterocycles. The average molecular weight is 352 g/mol. The maximum atomic E-state index is 12.9. The average Bonchev–Trinajstić information content (AvgIpc) is 2.95. The Hall–Kier alpha value is -2.40. The molecule has 3 aromatic rings. The van der Waals surface area contributed by atoms with Gasteiger partial charge in [0.15, 0.2) is 0 Å². The van der Waals surface area contributed by atoms with Crippen molar-refractivity contribution in [2.24, 2.45) is 5.92 Å². The van der Waals surface area contributed by atoms with E-state index in [-0.39, 0.29) is 5.78 Å². The lowest BCUT2D eigenvalue weighted by Crippen LogP contribution is -2.12. The van der Waals surface area contributed by atoms with Gasteiger partial charge in [-0.2, -0.15) is 0 Å². The molecule has 1 unspecified atom stereocenters. The molecule has 5 heteroatoms. The summed E-state index contributed by atoms with van der Waals surface area (Å²) in [6.07, 6.45) is 3.21. The first-order chi connectivity index (χ1) is 12.1. The van der Waals surface area contributed by atoms with Crippen LogP contribution in [0, 0.1) is 5.92 Å². The fourth-order valence-corrected chi connectivity index (χ4v) is 4.47. The van der Waals surface area contributed by atoms with Gasteiger partial charge in [0.25, 0.3) is 0 Å². The van der Waals surface area contributed by atoms with Crippen LogP contribution in [0.25, 0.3) is 10.2 Å². The predicted molar refractivity (Wildman–Crippen MR) is 102 cm³/mol. The monoisotopic (exact) mass is 352 g/mol. The van der Waals surface area contributed by atoms with Gasteiger partial charge in [-0.05, 0) is 61.1 Å². The number of hydrogen-bond acceptors (Lipinski definition) is 5. The number of nitrogens with two attached hydrogens (primary N) is 1. The molecule has 2 N–H and O–H groups in total. The zero-order valence-electron chi connectivity index (χ0n) is 14.3. The summed E-state index contributed by atoms with van der Waals surface area (Å²) in [6, 6.07) is 9.25. The molecule has 0 amide bonds. The van der Waals surface area contributed by atoms with Crippen molar-refractivity contribution in [3.63, 3.8) is 0 Å². The van der Waals surface area contributed by atoms with Gasteiger partial charge >= 0.3 is 0 Å². The number of hydrogen-bond donors (Lipinski definition) is 1. The molecule has 0 fully saturated rings. The van der Waals surface area contributed by atoms with Gasteiger partial charge in [-0.3, -0.25) is 4.79 Å². The van der Waals surface area contributed by atoms with E-state index in [1.165, 1.54) is 23.3 Å². The number of rotatable bonds is 3. The number of benzene rings is 1. The van der Waals surface area contributed by atoms with Crippen LogP contribution >= 0.6 is 11.3 Å². The van der Waals surface area contributed by atoms with Gasteiger partial charge in [-0.25, -0.2) is 4.98 Å². The normalized spacial score (nSPS) is 16.6. The molecule has 0 saturated heterocycles. The minimum atomic E-state index is -0.0607. The molecule has 1 atom stereocenters. The summed E-state index contributed by atoms with van der Waals surface area (Å²) < 4.78 is 5.15. The van der Waals surface area contributed by atoms with Crippen LogP contribution in [0.2, 0.25) is 0 Å². The van der Waals surface area contributed by atoms with Crippen molar-refractivity contribution in [3.05, 3.63) is 52.0 Å². The lowest BCUT2D eigenvalue weighted by Gasteiger charge is -2.20. The van der Waals surface area contributed by atoms with Gasteiger partial charge in [-0.1, -0.05) is 6.92 Å². The Kier molecular flexibility index (Phi) is 3.96. The second-order valence-corrected chi connectivity index (χ2v) is 7.70. The summed E-state index contributed by atoms with van der Waals surface area (Å²) in [4.78, 5) is 19.1. The number of fused-ring (bicyclic) bond motifs is 2. The third-order valence-electron chi connectivity index (χ3n) is 4.89. The van der Waals surface area contributed by atoms with E-state index in [9.17, 15) is 4.79 Å². The SMILES string of the molecule is COc1ccc(C(=O)c2sc3nc4c(cc3c2N)CC(C)CC4)cc1. The number of ether oxygens (including phenoxy) is 1. The Morgan fingerprint density at radius 2 is 2.08 bits per heavy atom. The highest BCUT2D eigenvalue weighted by Crippen LogP contribution is 2.37. The molecule has 1 aliphatic rings. The Morgan fingerprint density at radius 3 is 2.80 bits per heavy atom. The van der Waals surface area contributed by atoms with Gasteiger partial charge in [0.1, 0.15) is 15.5 Å². The minimum absolute atomic E-state index is 0.0607. The minimum Gasteiger partial charge on any atom is -0.497 e. The predicted octanol–water partition coefficient (Wildman–Crippen LogP) is 4.24. The molecule has 128 valence electrons. The number of carbonyl (C=O) groups is 1. The van der Waals surface area contributed by atoms with Gasteiger partial charge < -0.3 is 10.5 Å². The van der Waals surface area contributed by atoms with Crippen LogP contribution in [0.1, 0.15) is 39.8 Å². The van der Waals surface area contributed by atoms with E-state index in [2.05, 4.69) is 13.0 Å². The standard InChI is InChI=1S/C20H20N2O2S/c1-11-3-8-16-13(9-11)10-15-17(21)19(25-20(15)22-16)18(23)12-4-6-14(24-2)7-5-12/h4-7,10-11H,3,8-9,21H2,1-2H3. The highest BCUT2D eigenvalue weighted by molar-refractivity contribution is 7.21. The number of nitrogens with zero attached hydrogens (tertiary/aromatic N) is 1. The Morgan fingerprint density at radius 1 is 1.32 bits per heavy atom. The van der Waals surface area contributed by atoms with E-state index in [0.29, 0.717) is 22.0 Å². The van der Waals surface area contributed by atoms with Crippen LogP contribution < -0.4 is 10.5 Å². The quantitative estimate of drug-likeness (QED) is 0.716. The first-order valence-electron chi connectivity index (χ1n) is 8.46. The molecule has 4 nitrogen and oxygen atoms in total. The highest BCUT2D eigenvalue weighted by Gasteiger charge is 2.22. The Balaban J connectivity index is 1.76. The molecule has 2 heterocycles. The van der Waals surface area contributed by atoms with Gasteiger partial charge in [0, 0.05) is 16.6 Å². The van der Waals surface area contributed by atoms with E-state index >= 15 is 0 Å². The van der Waals surface area contributed by atoms with E-state index < -0.39 is 0 Å². The molecule has 1 aliphatic carbocycles. The largest absolute Gasteiger partial charge is 0.497 e. The molecule has 4 rings (SSSR count). The van der Waals surface area contributed by atoms with Crippen LogP contribution in [0.5, 0.6) is 5.75 Å². The lowest BCUT2D eigenvalue weighted by atomic mass is 9.87. The number of ketones is 1.